The van der Waals surface area contributed by atoms with Crippen LogP contribution in [0.5, 0.6) is 0 Å². The van der Waals surface area contributed by atoms with Gasteiger partial charge >= 0.3 is 20.4 Å². The second-order valence-corrected chi connectivity index (χ2v) is 6.65. The lowest BCUT2D eigenvalue weighted by Crippen LogP contribution is -1.95. The van der Waals surface area contributed by atoms with Gasteiger partial charge in [0, 0.05) is 0 Å². The number of unbranched alkanes of at least 4 members (excludes halogenated alkanes) is 5. The van der Waals surface area contributed by atoms with Gasteiger partial charge in [0.25, 0.3) is 0 Å². The van der Waals surface area contributed by atoms with Crippen LogP contribution in [0.3, 0.4) is 0 Å². The van der Waals surface area contributed by atoms with Crippen molar-refractivity contribution in [1.29, 1.82) is 0 Å². The maximum atomic E-state index is 2.36. The van der Waals surface area contributed by atoms with E-state index >= 15 is 0 Å². The van der Waals surface area contributed by atoms with Crippen LogP contribution in [0.25, 0.3) is 0 Å². The van der Waals surface area contributed by atoms with Gasteiger partial charge in [-0.3, -0.25) is 0 Å². The van der Waals surface area contributed by atoms with E-state index in [-0.39, 0.29) is 0 Å². The molecule has 0 saturated carbocycles. The fraction of sp³-hybridized carbons (Fsp3) is 1.00. The Morgan fingerprint density at radius 3 is 2.15 bits per heavy atom. The Kier molecular flexibility index (Phi) is 11.5. The molecular formula is C12H26Mg. The van der Waals surface area contributed by atoms with Gasteiger partial charge in [-0.05, 0) is 0 Å². The lowest BCUT2D eigenvalue weighted by Gasteiger charge is -2.02. The Balaban J connectivity index is 2.84. The molecule has 0 aliphatic carbocycles. The molecule has 76 valence electrons. The summed E-state index contributed by atoms with van der Waals surface area (Å²) >= 11 is 0.324. The lowest BCUT2D eigenvalue weighted by molar-refractivity contribution is 0.622. The normalized spacial score (nSPS) is 10.5. The van der Waals surface area contributed by atoms with E-state index in [1.165, 1.54) is 38.5 Å². The second kappa shape index (κ2) is 10.8. The van der Waals surface area contributed by atoms with Crippen LogP contribution in [-0.2, 0) is 0 Å². The molecule has 0 heterocycles. The molecule has 0 nitrogen and oxygen atoms in total. The van der Waals surface area contributed by atoms with Crippen molar-refractivity contribution in [1.82, 2.24) is 0 Å². The number of rotatable bonds is 9. The zero-order valence-electron chi connectivity index (χ0n) is 9.94. The number of hydrogen-bond donors (Lipinski definition) is 0. The van der Waals surface area contributed by atoms with Crippen molar-refractivity contribution < 1.29 is 0 Å². The summed E-state index contributed by atoms with van der Waals surface area (Å²) in [4.78, 5) is 0. The fourth-order valence-electron chi connectivity index (χ4n) is 1.69. The molecule has 0 bridgehead atoms. The summed E-state index contributed by atoms with van der Waals surface area (Å²) in [6, 6.07) is 0. The molecule has 0 N–H and O–H groups in total. The van der Waals surface area contributed by atoms with Gasteiger partial charge in [0.05, 0.1) is 0 Å². The highest BCUT2D eigenvalue weighted by Gasteiger charge is 1.98. The zero-order chi connectivity index (χ0) is 9.94. The SMILES string of the molecule is CCCCCCC[CH2][Mg][CH2]C(C)C. The number of hydrogen-bond acceptors (Lipinski definition) is 0. The Labute approximate surface area is 94.6 Å². The predicted octanol–water partition coefficient (Wildman–Crippen LogP) is 4.54. The van der Waals surface area contributed by atoms with Gasteiger partial charge in [-0.25, -0.2) is 0 Å². The third-order valence-electron chi connectivity index (χ3n) is 2.64. The van der Waals surface area contributed by atoms with Crippen molar-refractivity contribution in [2.24, 2.45) is 5.92 Å². The lowest BCUT2D eigenvalue weighted by atomic mass is 10.1. The Bertz CT molecular complexity index is 89.1. The Morgan fingerprint density at radius 2 is 1.54 bits per heavy atom. The van der Waals surface area contributed by atoms with Gasteiger partial charge in [-0.2, -0.15) is 0 Å². The minimum Gasteiger partial charge on any atom is -0.146 e. The molecule has 0 radical (unpaired) electrons. The molecular weight excluding hydrogens is 168 g/mol. The molecule has 13 heavy (non-hydrogen) atoms. The summed E-state index contributed by atoms with van der Waals surface area (Å²) < 4.78 is 3.17. The van der Waals surface area contributed by atoms with Crippen molar-refractivity contribution in [3.63, 3.8) is 0 Å². The maximum Gasteiger partial charge on any atom is 0.364 e. The first kappa shape index (κ1) is 13.8. The molecule has 0 atom stereocenters. The molecule has 0 aromatic heterocycles. The van der Waals surface area contributed by atoms with Gasteiger partial charge in [0.2, 0.25) is 0 Å². The second-order valence-electron chi connectivity index (χ2n) is 4.66. The largest absolute Gasteiger partial charge is 0.364 e. The molecule has 0 aromatic carbocycles. The minimum atomic E-state index is 0.324. The molecule has 0 spiro atoms. The molecule has 0 aliphatic heterocycles. The van der Waals surface area contributed by atoms with Crippen LogP contribution in [0.2, 0.25) is 9.10 Å². The molecule has 0 unspecified atom stereocenters. The quantitative estimate of drug-likeness (QED) is 0.373. The van der Waals surface area contributed by atoms with E-state index in [4.69, 9.17) is 0 Å². The first-order valence-corrected chi connectivity index (χ1v) is 8.27. The van der Waals surface area contributed by atoms with Crippen LogP contribution in [0, 0.1) is 5.92 Å². The first-order valence-electron chi connectivity index (χ1n) is 6.27. The summed E-state index contributed by atoms with van der Waals surface area (Å²) in [5.41, 5.74) is 0. The Hall–Kier alpha value is 0.766. The van der Waals surface area contributed by atoms with Crippen LogP contribution in [0.15, 0.2) is 0 Å². The summed E-state index contributed by atoms with van der Waals surface area (Å²) in [7, 11) is 0. The third-order valence-corrected chi connectivity index (χ3v) is 5.20. The fourth-order valence-corrected chi connectivity index (χ4v) is 3.50. The van der Waals surface area contributed by atoms with Gasteiger partial charge in [0.15, 0.2) is 0 Å². The summed E-state index contributed by atoms with van der Waals surface area (Å²) in [5.74, 6) is 0.965. The van der Waals surface area contributed by atoms with Gasteiger partial charge < -0.3 is 0 Å². The van der Waals surface area contributed by atoms with Crippen molar-refractivity contribution >= 4 is 20.4 Å². The van der Waals surface area contributed by atoms with E-state index in [1.807, 2.05) is 0 Å². The van der Waals surface area contributed by atoms with E-state index in [0.29, 0.717) is 20.4 Å². The average Bonchev–Trinajstić information content (AvgIpc) is 2.09. The van der Waals surface area contributed by atoms with Gasteiger partial charge in [-0.1, -0.05) is 65.2 Å². The first-order chi connectivity index (χ1) is 6.27. The van der Waals surface area contributed by atoms with Crippen molar-refractivity contribution in [2.45, 2.75) is 68.4 Å². The predicted molar refractivity (Wildman–Crippen MR) is 63.6 cm³/mol. The molecule has 0 fully saturated rings. The smallest absolute Gasteiger partial charge is 0.146 e. The molecule has 1 heteroatoms. The topological polar surface area (TPSA) is 0 Å². The molecule has 0 saturated heterocycles. The monoisotopic (exact) mass is 194 g/mol. The zero-order valence-corrected chi connectivity index (χ0v) is 11.4. The molecule has 0 amide bonds. The van der Waals surface area contributed by atoms with Crippen LogP contribution in [0.1, 0.15) is 59.3 Å². The maximum absolute atomic E-state index is 2.36. The molecule has 0 aliphatic rings. The standard InChI is InChI=1S/C8H17.C4H9.Mg/c1-3-5-7-8-6-4-2;1-4(2)3;/h1,3-8H2,2H3;4H,1H2,2-3H3;. The summed E-state index contributed by atoms with van der Waals surface area (Å²) in [5, 5.41) is 0. The van der Waals surface area contributed by atoms with Gasteiger partial charge in [-0.15, -0.1) is 9.10 Å². The van der Waals surface area contributed by atoms with E-state index in [0.717, 1.165) is 5.92 Å². The highest BCUT2D eigenvalue weighted by atomic mass is 24.5. The van der Waals surface area contributed by atoms with Crippen LogP contribution in [0.4, 0.5) is 0 Å². The highest BCUT2D eigenvalue weighted by Crippen LogP contribution is 2.08. The van der Waals surface area contributed by atoms with Gasteiger partial charge in [0.1, 0.15) is 0 Å². The summed E-state index contributed by atoms with van der Waals surface area (Å²) in [6.45, 7) is 7.00. The molecule has 0 aromatic rings. The Morgan fingerprint density at radius 1 is 0.923 bits per heavy atom. The molecule has 0 rings (SSSR count). The van der Waals surface area contributed by atoms with Crippen LogP contribution < -0.4 is 0 Å². The van der Waals surface area contributed by atoms with E-state index in [2.05, 4.69) is 20.8 Å². The van der Waals surface area contributed by atoms with Crippen molar-refractivity contribution in [3.8, 4) is 0 Å². The minimum absolute atomic E-state index is 0.324. The van der Waals surface area contributed by atoms with E-state index < -0.39 is 0 Å². The average molecular weight is 195 g/mol. The van der Waals surface area contributed by atoms with E-state index in [9.17, 15) is 0 Å². The highest BCUT2D eigenvalue weighted by molar-refractivity contribution is 6.35. The van der Waals surface area contributed by atoms with Crippen molar-refractivity contribution in [2.75, 3.05) is 0 Å². The van der Waals surface area contributed by atoms with Crippen LogP contribution in [-0.4, -0.2) is 20.4 Å². The summed E-state index contributed by atoms with van der Waals surface area (Å²) in [6.07, 6.45) is 8.82. The van der Waals surface area contributed by atoms with Crippen molar-refractivity contribution in [3.05, 3.63) is 0 Å². The van der Waals surface area contributed by atoms with E-state index in [1.54, 1.807) is 9.10 Å². The van der Waals surface area contributed by atoms with Crippen LogP contribution >= 0.6 is 0 Å². The third kappa shape index (κ3) is 12.8.